The fourth-order valence-electron chi connectivity index (χ4n) is 8.52. The maximum Gasteiger partial charge on any atom is 0.266 e. The van der Waals surface area contributed by atoms with E-state index < -0.39 is 39.7 Å². The largest absolute Gasteiger partial charge is 0.483 e. The molecule has 3 aliphatic rings. The topological polar surface area (TPSA) is 219 Å². The normalized spacial score (nSPS) is 17.2. The summed E-state index contributed by atoms with van der Waals surface area (Å²) in [6.45, 7) is 0.930. The van der Waals surface area contributed by atoms with Gasteiger partial charge in [-0.15, -0.1) is 0 Å². The molecule has 0 saturated carbocycles. The van der Waals surface area contributed by atoms with E-state index in [1.807, 2.05) is 42.5 Å². The molecule has 18 heteroatoms. The molecular weight excluding hydrogens is 847 g/mol. The van der Waals surface area contributed by atoms with Gasteiger partial charge in [0.15, 0.2) is 6.61 Å². The fourth-order valence-corrected chi connectivity index (χ4v) is 9.52. The average molecular weight is 898 g/mol. The molecule has 0 spiro atoms. The molecule has 4 aromatic rings. The molecule has 1 unspecified atom stereocenters. The van der Waals surface area contributed by atoms with Crippen LogP contribution in [0.15, 0.2) is 66.9 Å². The first-order valence-corrected chi connectivity index (χ1v) is 23.5. The van der Waals surface area contributed by atoms with Gasteiger partial charge in [-0.2, -0.15) is 0 Å². The van der Waals surface area contributed by atoms with Gasteiger partial charge in [-0.05, 0) is 68.0 Å². The summed E-state index contributed by atoms with van der Waals surface area (Å²) in [5.41, 5.74) is 10.3. The van der Waals surface area contributed by atoms with Crippen LogP contribution in [-0.2, 0) is 29.2 Å². The van der Waals surface area contributed by atoms with E-state index in [0.717, 1.165) is 71.0 Å². The van der Waals surface area contributed by atoms with Crippen molar-refractivity contribution in [2.24, 2.45) is 5.73 Å². The highest BCUT2D eigenvalue weighted by atomic mass is 32.2. The predicted octanol–water partition coefficient (Wildman–Crippen LogP) is 4.80. The molecule has 63 heavy (non-hydrogen) atoms. The number of aromatic nitrogens is 1. The molecule has 1 atom stereocenters. The summed E-state index contributed by atoms with van der Waals surface area (Å²) >= 11 is 5.24. The van der Waals surface area contributed by atoms with Crippen LogP contribution in [0.2, 0.25) is 0 Å². The number of imide groups is 2. The first-order chi connectivity index (χ1) is 30.2. The van der Waals surface area contributed by atoms with E-state index in [1.165, 1.54) is 28.8 Å². The van der Waals surface area contributed by atoms with Crippen molar-refractivity contribution >= 4 is 79.3 Å². The Morgan fingerprint density at radius 1 is 0.873 bits per heavy atom. The molecule has 7 rings (SSSR count). The highest BCUT2D eigenvalue weighted by Crippen LogP contribution is 2.38. The van der Waals surface area contributed by atoms with E-state index in [2.05, 4.69) is 26.7 Å². The van der Waals surface area contributed by atoms with Crippen LogP contribution in [0.25, 0.3) is 22.0 Å². The molecule has 2 fully saturated rings. The highest BCUT2D eigenvalue weighted by molar-refractivity contribution is 7.88. The second-order valence-corrected chi connectivity index (χ2v) is 18.6. The summed E-state index contributed by atoms with van der Waals surface area (Å²) in [6, 6.07) is 17.1. The van der Waals surface area contributed by atoms with Gasteiger partial charge in [0.1, 0.15) is 16.8 Å². The average Bonchev–Trinajstić information content (AvgIpc) is 3.76. The molecule has 3 aliphatic heterocycles. The lowest BCUT2D eigenvalue weighted by Gasteiger charge is -2.31. The molecule has 0 bridgehead atoms. The summed E-state index contributed by atoms with van der Waals surface area (Å²) in [7, 11) is -3.28. The lowest BCUT2D eigenvalue weighted by molar-refractivity contribution is -0.136. The highest BCUT2D eigenvalue weighted by Gasteiger charge is 2.46. The third kappa shape index (κ3) is 10.5. The Bertz CT molecular complexity index is 2580. The second kappa shape index (κ2) is 19.6. The molecule has 6 amide bonds. The molecule has 0 radical (unpaired) electrons. The van der Waals surface area contributed by atoms with Crippen LogP contribution >= 0.6 is 12.2 Å². The van der Waals surface area contributed by atoms with Gasteiger partial charge in [0, 0.05) is 66.9 Å². The van der Waals surface area contributed by atoms with E-state index in [9.17, 15) is 37.2 Å². The van der Waals surface area contributed by atoms with E-state index in [4.69, 9.17) is 22.7 Å². The van der Waals surface area contributed by atoms with Gasteiger partial charge < -0.3 is 25.7 Å². The predicted molar refractivity (Wildman–Crippen MR) is 241 cm³/mol. The number of carbonyl (C=O) groups excluding carboxylic acids is 6. The number of hydrogen-bond acceptors (Lipinski definition) is 10. The molecule has 2 saturated heterocycles. The van der Waals surface area contributed by atoms with Crippen LogP contribution in [0.1, 0.15) is 103 Å². The zero-order valence-electron chi connectivity index (χ0n) is 35.0. The first kappa shape index (κ1) is 45.1. The minimum atomic E-state index is -3.28. The summed E-state index contributed by atoms with van der Waals surface area (Å²) in [6.07, 6.45) is 10.2. The van der Waals surface area contributed by atoms with Crippen LogP contribution in [0, 0.1) is 0 Å². The number of nitrogens with zero attached hydrogens (tertiary/aromatic N) is 3. The Morgan fingerprint density at radius 2 is 1.60 bits per heavy atom. The van der Waals surface area contributed by atoms with Crippen molar-refractivity contribution in [2.45, 2.75) is 82.7 Å². The van der Waals surface area contributed by atoms with Crippen molar-refractivity contribution in [1.82, 2.24) is 24.4 Å². The number of rotatable bonds is 18. The van der Waals surface area contributed by atoms with E-state index in [0.29, 0.717) is 49.6 Å². The lowest BCUT2D eigenvalue weighted by Crippen LogP contribution is -2.54. The molecule has 5 N–H and O–H groups in total. The lowest BCUT2D eigenvalue weighted by atomic mass is 10.0. The van der Waals surface area contributed by atoms with Gasteiger partial charge in [0.05, 0.1) is 22.9 Å². The van der Waals surface area contributed by atoms with Crippen LogP contribution in [0.3, 0.4) is 0 Å². The smallest absolute Gasteiger partial charge is 0.266 e. The molecule has 16 nitrogen and oxygen atoms in total. The number of sulfonamides is 1. The number of piperidine rings is 2. The number of anilines is 1. The molecule has 0 aliphatic carbocycles. The fraction of sp³-hybridized carbons (Fsp3) is 0.400. The Hall–Kier alpha value is -5.98. The number of thiocarbonyl (C=S) groups is 1. The number of hydrogen-bond donors (Lipinski definition) is 4. The summed E-state index contributed by atoms with van der Waals surface area (Å²) in [5, 5.41) is 9.04. The third-order valence-electron chi connectivity index (χ3n) is 11.8. The van der Waals surface area contributed by atoms with Crippen molar-refractivity contribution in [3.8, 4) is 16.9 Å². The molecule has 332 valence electrons. The van der Waals surface area contributed by atoms with Crippen molar-refractivity contribution in [1.29, 1.82) is 0 Å². The van der Waals surface area contributed by atoms with Crippen molar-refractivity contribution in [3.63, 3.8) is 0 Å². The van der Waals surface area contributed by atoms with Gasteiger partial charge in [0.25, 0.3) is 17.7 Å². The number of amides is 6. The van der Waals surface area contributed by atoms with Crippen LogP contribution < -0.4 is 26.4 Å². The Balaban J connectivity index is 0.833. The van der Waals surface area contributed by atoms with Gasteiger partial charge in [-0.1, -0.05) is 68.2 Å². The van der Waals surface area contributed by atoms with Crippen molar-refractivity contribution in [3.05, 3.63) is 83.6 Å². The van der Waals surface area contributed by atoms with E-state index >= 15 is 0 Å². The third-order valence-corrected chi connectivity index (χ3v) is 13.3. The maximum atomic E-state index is 13.2. The first-order valence-electron chi connectivity index (χ1n) is 21.2. The van der Waals surface area contributed by atoms with Gasteiger partial charge in [0.2, 0.25) is 27.7 Å². The van der Waals surface area contributed by atoms with Crippen LogP contribution in [0.5, 0.6) is 5.75 Å². The van der Waals surface area contributed by atoms with Crippen LogP contribution in [-0.4, -0.2) is 101 Å². The van der Waals surface area contributed by atoms with Gasteiger partial charge >= 0.3 is 0 Å². The summed E-state index contributed by atoms with van der Waals surface area (Å²) in [5.74, 6) is -2.93. The number of benzene rings is 3. The number of nitrogens with two attached hydrogens (primary N) is 1. The maximum absolute atomic E-state index is 13.2. The van der Waals surface area contributed by atoms with Crippen molar-refractivity contribution in [2.75, 3.05) is 37.8 Å². The standard InChI is InChI=1S/C45H51N7O9S2/c1-63(59,60)50-22-19-31(20-23-50)51-26-34(28-10-8-11-29(24-28)42(46)62)32-16-15-30(25-36(32)51)48-38(53)14-6-4-2-3-5-7-21-47-40(55)27-61-37-13-9-12-33-41(37)45(58)52(44(33)57)35-17-18-39(54)49-43(35)56/h8-13,15-16,24-26,31,35H,2-7,14,17-23,27H2,1H3,(H2,46,62)(H,47,55)(H,48,53)(H,49,54,56). The minimum absolute atomic E-state index is 0.00879. The number of fused-ring (bicyclic) bond motifs is 2. The summed E-state index contributed by atoms with van der Waals surface area (Å²) in [4.78, 5) is 77.0. The number of nitrogens with one attached hydrogen (secondary N) is 3. The van der Waals surface area contributed by atoms with Crippen molar-refractivity contribution < 1.29 is 41.9 Å². The molecular formula is C45H51N7O9S2. The second-order valence-electron chi connectivity index (χ2n) is 16.2. The van der Waals surface area contributed by atoms with Crippen LogP contribution in [0.4, 0.5) is 5.69 Å². The Kier molecular flexibility index (Phi) is 14.0. The molecule has 3 aromatic carbocycles. The van der Waals surface area contributed by atoms with E-state index in [-0.39, 0.29) is 54.2 Å². The monoisotopic (exact) mass is 897 g/mol. The Morgan fingerprint density at radius 3 is 2.33 bits per heavy atom. The van der Waals surface area contributed by atoms with Gasteiger partial charge in [-0.3, -0.25) is 39.0 Å². The quantitative estimate of drug-likeness (QED) is 0.0604. The zero-order chi connectivity index (χ0) is 44.8. The SMILES string of the molecule is CS(=O)(=O)N1CCC(n2cc(-c3cccc(C(N)=S)c3)c3ccc(NC(=O)CCCCCCCCNC(=O)COc4cccc5c4C(=O)N(C4CCC(=O)NC4=O)C5=O)cc32)CC1. The molecule has 1 aromatic heterocycles. The number of unbranched alkanes of at least 4 members (excludes halogenated alkanes) is 5. The summed E-state index contributed by atoms with van der Waals surface area (Å²) < 4.78 is 33.8. The van der Waals surface area contributed by atoms with Gasteiger partial charge in [-0.25, -0.2) is 12.7 Å². The number of ether oxygens (including phenoxy) is 1. The zero-order valence-corrected chi connectivity index (χ0v) is 36.7. The minimum Gasteiger partial charge on any atom is -0.483 e. The Labute approximate surface area is 370 Å². The number of carbonyl (C=O) groups is 6. The molecule has 4 heterocycles. The van der Waals surface area contributed by atoms with E-state index in [1.54, 1.807) is 0 Å².